The Morgan fingerprint density at radius 3 is 2.71 bits per heavy atom. The molecule has 0 aromatic heterocycles. The molecule has 0 spiro atoms. The van der Waals surface area contributed by atoms with E-state index in [0.717, 1.165) is 26.3 Å². The minimum Gasteiger partial charge on any atom is -0.381 e. The number of rotatable bonds is 7. The highest BCUT2D eigenvalue weighted by Crippen LogP contribution is 2.29. The normalized spacial score (nSPS) is 25.8. The molecule has 0 bridgehead atoms. The van der Waals surface area contributed by atoms with Crippen LogP contribution in [0.15, 0.2) is 0 Å². The highest BCUT2D eigenvalue weighted by atomic mass is 16.5. The molecule has 1 N–H and O–H groups in total. The summed E-state index contributed by atoms with van der Waals surface area (Å²) >= 11 is 0. The Hall–Kier alpha value is -0.120. The van der Waals surface area contributed by atoms with Crippen LogP contribution in [0.3, 0.4) is 0 Å². The van der Waals surface area contributed by atoms with Crippen molar-refractivity contribution in [2.24, 2.45) is 5.41 Å². The number of hydrogen-bond donors (Lipinski definition) is 1. The number of nitrogens with zero attached hydrogens (tertiary/aromatic N) is 1. The van der Waals surface area contributed by atoms with Crippen molar-refractivity contribution >= 4 is 0 Å². The SMILES string of the molecule is CCCN(C)CC1(CNC(C)C)CCCOC1. The third-order valence-corrected chi connectivity index (χ3v) is 3.50. The topological polar surface area (TPSA) is 24.5 Å². The summed E-state index contributed by atoms with van der Waals surface area (Å²) in [6.07, 6.45) is 3.73. The van der Waals surface area contributed by atoms with Crippen molar-refractivity contribution in [1.82, 2.24) is 10.2 Å². The van der Waals surface area contributed by atoms with E-state index < -0.39 is 0 Å². The average Bonchev–Trinajstić information content (AvgIpc) is 2.28. The highest BCUT2D eigenvalue weighted by molar-refractivity contribution is 4.87. The van der Waals surface area contributed by atoms with Crippen LogP contribution < -0.4 is 5.32 Å². The quantitative estimate of drug-likeness (QED) is 0.740. The third kappa shape index (κ3) is 5.36. The van der Waals surface area contributed by atoms with Gasteiger partial charge in [0.25, 0.3) is 0 Å². The van der Waals surface area contributed by atoms with E-state index in [1.807, 2.05) is 0 Å². The molecule has 3 heteroatoms. The van der Waals surface area contributed by atoms with Crippen molar-refractivity contribution in [2.75, 3.05) is 39.9 Å². The van der Waals surface area contributed by atoms with Crippen molar-refractivity contribution in [2.45, 2.75) is 46.1 Å². The first kappa shape index (κ1) is 14.9. The van der Waals surface area contributed by atoms with Gasteiger partial charge in [0.1, 0.15) is 0 Å². The lowest BCUT2D eigenvalue weighted by molar-refractivity contribution is -0.0234. The molecule has 0 aromatic rings. The first-order valence-corrected chi connectivity index (χ1v) is 7.08. The lowest BCUT2D eigenvalue weighted by Crippen LogP contribution is -2.49. The lowest BCUT2D eigenvalue weighted by Gasteiger charge is -2.40. The Labute approximate surface area is 107 Å². The second-order valence-electron chi connectivity index (χ2n) is 5.93. The molecule has 0 aliphatic carbocycles. The van der Waals surface area contributed by atoms with Crippen LogP contribution >= 0.6 is 0 Å². The van der Waals surface area contributed by atoms with E-state index in [0.29, 0.717) is 11.5 Å². The molecular formula is C14H30N2O. The van der Waals surface area contributed by atoms with E-state index >= 15 is 0 Å². The molecule has 0 saturated carbocycles. The molecule has 0 amide bonds. The van der Waals surface area contributed by atoms with Crippen LogP contribution in [0.1, 0.15) is 40.0 Å². The van der Waals surface area contributed by atoms with E-state index in [-0.39, 0.29) is 0 Å². The molecule has 1 aliphatic rings. The average molecular weight is 242 g/mol. The van der Waals surface area contributed by atoms with Crippen molar-refractivity contribution < 1.29 is 4.74 Å². The maximum absolute atomic E-state index is 5.73. The lowest BCUT2D eigenvalue weighted by atomic mass is 9.81. The van der Waals surface area contributed by atoms with Crippen LogP contribution in [-0.2, 0) is 4.74 Å². The van der Waals surface area contributed by atoms with Crippen molar-refractivity contribution in [3.63, 3.8) is 0 Å². The maximum atomic E-state index is 5.73. The van der Waals surface area contributed by atoms with E-state index in [1.54, 1.807) is 0 Å². The van der Waals surface area contributed by atoms with Gasteiger partial charge in [0.15, 0.2) is 0 Å². The summed E-state index contributed by atoms with van der Waals surface area (Å²) in [4.78, 5) is 2.46. The van der Waals surface area contributed by atoms with E-state index in [2.05, 4.69) is 38.0 Å². The van der Waals surface area contributed by atoms with Crippen LogP contribution in [0.25, 0.3) is 0 Å². The van der Waals surface area contributed by atoms with Crippen molar-refractivity contribution in [3.8, 4) is 0 Å². The van der Waals surface area contributed by atoms with Gasteiger partial charge in [-0.05, 0) is 32.9 Å². The Balaban J connectivity index is 2.51. The zero-order chi connectivity index (χ0) is 12.7. The second kappa shape index (κ2) is 7.34. The standard InChI is InChI=1S/C14H30N2O/c1-5-8-16(4)11-14(10-15-13(2)3)7-6-9-17-12-14/h13,15H,5-12H2,1-4H3. The summed E-state index contributed by atoms with van der Waals surface area (Å²) in [6.45, 7) is 12.0. The molecule has 0 aromatic carbocycles. The molecule has 1 rings (SSSR count). The minimum atomic E-state index is 0.326. The van der Waals surface area contributed by atoms with Gasteiger partial charge in [-0.15, -0.1) is 0 Å². The van der Waals surface area contributed by atoms with Gasteiger partial charge < -0.3 is 15.0 Å². The summed E-state index contributed by atoms with van der Waals surface area (Å²) < 4.78 is 5.73. The first-order chi connectivity index (χ1) is 8.08. The third-order valence-electron chi connectivity index (χ3n) is 3.50. The summed E-state index contributed by atoms with van der Waals surface area (Å²) in [7, 11) is 2.23. The number of ether oxygens (including phenoxy) is 1. The largest absolute Gasteiger partial charge is 0.381 e. The van der Waals surface area contributed by atoms with Gasteiger partial charge >= 0.3 is 0 Å². The van der Waals surface area contributed by atoms with Crippen LogP contribution in [0.4, 0.5) is 0 Å². The Kier molecular flexibility index (Phi) is 6.45. The highest BCUT2D eigenvalue weighted by Gasteiger charge is 2.33. The first-order valence-electron chi connectivity index (χ1n) is 7.08. The summed E-state index contributed by atoms with van der Waals surface area (Å²) in [5.41, 5.74) is 0.326. The smallest absolute Gasteiger partial charge is 0.0546 e. The van der Waals surface area contributed by atoms with Crippen molar-refractivity contribution in [1.29, 1.82) is 0 Å². The van der Waals surface area contributed by atoms with E-state index in [1.165, 1.54) is 25.8 Å². The molecule has 3 nitrogen and oxygen atoms in total. The molecule has 0 radical (unpaired) electrons. The molecule has 1 atom stereocenters. The number of nitrogens with one attached hydrogen (secondary N) is 1. The summed E-state index contributed by atoms with van der Waals surface area (Å²) in [5.74, 6) is 0. The molecular weight excluding hydrogens is 212 g/mol. The van der Waals surface area contributed by atoms with Gasteiger partial charge in [-0.3, -0.25) is 0 Å². The summed E-state index contributed by atoms with van der Waals surface area (Å²) in [5, 5.41) is 3.60. The Morgan fingerprint density at radius 1 is 1.41 bits per heavy atom. The molecule has 102 valence electrons. The van der Waals surface area contributed by atoms with Crippen LogP contribution in [0.5, 0.6) is 0 Å². The summed E-state index contributed by atoms with van der Waals surface area (Å²) in [6, 6.07) is 0.560. The van der Waals surface area contributed by atoms with Gasteiger partial charge in [0, 0.05) is 31.2 Å². The fraction of sp³-hybridized carbons (Fsp3) is 1.00. The molecule has 1 unspecified atom stereocenters. The fourth-order valence-electron chi connectivity index (χ4n) is 2.68. The predicted molar refractivity (Wildman–Crippen MR) is 73.4 cm³/mol. The molecule has 1 saturated heterocycles. The molecule has 1 aliphatic heterocycles. The monoisotopic (exact) mass is 242 g/mol. The van der Waals surface area contributed by atoms with Gasteiger partial charge in [-0.2, -0.15) is 0 Å². The van der Waals surface area contributed by atoms with Crippen LogP contribution in [-0.4, -0.2) is 50.8 Å². The van der Waals surface area contributed by atoms with Gasteiger partial charge in [-0.1, -0.05) is 20.8 Å². The number of hydrogen-bond acceptors (Lipinski definition) is 3. The molecule has 17 heavy (non-hydrogen) atoms. The van der Waals surface area contributed by atoms with Crippen LogP contribution in [0, 0.1) is 5.41 Å². The van der Waals surface area contributed by atoms with E-state index in [4.69, 9.17) is 4.74 Å². The minimum absolute atomic E-state index is 0.326. The Morgan fingerprint density at radius 2 is 2.18 bits per heavy atom. The van der Waals surface area contributed by atoms with Gasteiger partial charge in [-0.25, -0.2) is 0 Å². The van der Waals surface area contributed by atoms with Crippen molar-refractivity contribution in [3.05, 3.63) is 0 Å². The zero-order valence-corrected chi connectivity index (χ0v) is 12.1. The van der Waals surface area contributed by atoms with E-state index in [9.17, 15) is 0 Å². The Bertz CT molecular complexity index is 200. The fourth-order valence-corrected chi connectivity index (χ4v) is 2.68. The molecule has 1 heterocycles. The van der Waals surface area contributed by atoms with Gasteiger partial charge in [0.2, 0.25) is 0 Å². The second-order valence-corrected chi connectivity index (χ2v) is 5.93. The predicted octanol–water partition coefficient (Wildman–Crippen LogP) is 2.12. The van der Waals surface area contributed by atoms with Crippen LogP contribution in [0.2, 0.25) is 0 Å². The zero-order valence-electron chi connectivity index (χ0n) is 12.1. The maximum Gasteiger partial charge on any atom is 0.0546 e. The molecule has 1 fully saturated rings. The van der Waals surface area contributed by atoms with Gasteiger partial charge in [0.05, 0.1) is 6.61 Å².